The van der Waals surface area contributed by atoms with Gasteiger partial charge in [0.25, 0.3) is 0 Å². The molecular formula is C15H20BrF2NO. The van der Waals surface area contributed by atoms with Crippen molar-refractivity contribution in [2.24, 2.45) is 5.41 Å². The molecule has 1 aromatic rings. The Morgan fingerprint density at radius 1 is 1.30 bits per heavy atom. The van der Waals surface area contributed by atoms with E-state index in [9.17, 15) is 13.6 Å². The SMILES string of the molecule is CC(C)(C)C(CCBr)NC(=O)Cc1c(F)cccc1F. The Morgan fingerprint density at radius 2 is 1.85 bits per heavy atom. The standard InChI is InChI=1S/C15H20BrF2NO/c1-15(2,3)13(7-8-16)19-14(20)9-10-11(17)5-4-6-12(10)18/h4-6,13H,7-9H2,1-3H3,(H,19,20). The molecule has 0 bridgehead atoms. The van der Waals surface area contributed by atoms with Crippen molar-refractivity contribution in [1.29, 1.82) is 0 Å². The van der Waals surface area contributed by atoms with Crippen LogP contribution in [-0.2, 0) is 11.2 Å². The fourth-order valence-corrected chi connectivity index (χ4v) is 2.40. The van der Waals surface area contributed by atoms with E-state index in [1.165, 1.54) is 6.07 Å². The van der Waals surface area contributed by atoms with Crippen molar-refractivity contribution in [3.63, 3.8) is 0 Å². The third-order valence-corrected chi connectivity index (χ3v) is 3.64. The number of carbonyl (C=O) groups excluding carboxylic acids is 1. The first kappa shape index (κ1) is 17.1. The first-order valence-electron chi connectivity index (χ1n) is 6.54. The topological polar surface area (TPSA) is 29.1 Å². The van der Waals surface area contributed by atoms with Gasteiger partial charge in [-0.3, -0.25) is 4.79 Å². The Morgan fingerprint density at radius 3 is 2.30 bits per heavy atom. The van der Waals surface area contributed by atoms with E-state index in [-0.39, 0.29) is 29.3 Å². The zero-order chi connectivity index (χ0) is 15.3. The van der Waals surface area contributed by atoms with E-state index < -0.39 is 11.6 Å². The number of alkyl halides is 1. The second-order valence-electron chi connectivity index (χ2n) is 5.84. The van der Waals surface area contributed by atoms with Crippen LogP contribution in [0.4, 0.5) is 8.78 Å². The van der Waals surface area contributed by atoms with Gasteiger partial charge < -0.3 is 5.32 Å². The molecule has 20 heavy (non-hydrogen) atoms. The molecule has 112 valence electrons. The Labute approximate surface area is 127 Å². The molecule has 0 heterocycles. The lowest BCUT2D eigenvalue weighted by Gasteiger charge is -2.31. The van der Waals surface area contributed by atoms with Gasteiger partial charge in [0.05, 0.1) is 6.42 Å². The van der Waals surface area contributed by atoms with Crippen LogP contribution < -0.4 is 5.32 Å². The maximum absolute atomic E-state index is 13.5. The molecule has 0 aromatic heterocycles. The summed E-state index contributed by atoms with van der Waals surface area (Å²) in [6.45, 7) is 6.05. The van der Waals surface area contributed by atoms with Crippen LogP contribution in [0.2, 0.25) is 0 Å². The molecule has 0 aliphatic heterocycles. The van der Waals surface area contributed by atoms with E-state index >= 15 is 0 Å². The van der Waals surface area contributed by atoms with Gasteiger partial charge in [-0.2, -0.15) is 0 Å². The number of hydrogen-bond acceptors (Lipinski definition) is 1. The molecule has 5 heteroatoms. The Kier molecular flexibility index (Phi) is 6.11. The predicted molar refractivity (Wildman–Crippen MR) is 79.9 cm³/mol. The lowest BCUT2D eigenvalue weighted by molar-refractivity contribution is -0.122. The highest BCUT2D eigenvalue weighted by molar-refractivity contribution is 9.09. The fraction of sp³-hybridized carbons (Fsp3) is 0.533. The van der Waals surface area contributed by atoms with Gasteiger partial charge in [0.1, 0.15) is 11.6 Å². The van der Waals surface area contributed by atoms with E-state index in [4.69, 9.17) is 0 Å². The third kappa shape index (κ3) is 4.85. The van der Waals surface area contributed by atoms with Crippen LogP contribution in [0.3, 0.4) is 0 Å². The second kappa shape index (κ2) is 7.16. The van der Waals surface area contributed by atoms with Crippen molar-refractivity contribution in [3.05, 3.63) is 35.4 Å². The lowest BCUT2D eigenvalue weighted by Crippen LogP contribution is -2.44. The van der Waals surface area contributed by atoms with Crippen molar-refractivity contribution in [1.82, 2.24) is 5.32 Å². The molecule has 1 unspecified atom stereocenters. The number of halogens is 3. The van der Waals surface area contributed by atoms with Crippen LogP contribution in [0.1, 0.15) is 32.8 Å². The molecule has 1 amide bonds. The van der Waals surface area contributed by atoms with Crippen LogP contribution in [0.25, 0.3) is 0 Å². The van der Waals surface area contributed by atoms with Gasteiger partial charge in [-0.15, -0.1) is 0 Å². The van der Waals surface area contributed by atoms with Gasteiger partial charge in [-0.25, -0.2) is 8.78 Å². The summed E-state index contributed by atoms with van der Waals surface area (Å²) in [6, 6.07) is 3.55. The van der Waals surface area contributed by atoms with Crippen LogP contribution in [-0.4, -0.2) is 17.3 Å². The smallest absolute Gasteiger partial charge is 0.224 e. The largest absolute Gasteiger partial charge is 0.353 e. The minimum Gasteiger partial charge on any atom is -0.353 e. The van der Waals surface area contributed by atoms with Crippen LogP contribution in [0.5, 0.6) is 0 Å². The van der Waals surface area contributed by atoms with Gasteiger partial charge >= 0.3 is 0 Å². The predicted octanol–water partition coefficient (Wildman–Crippen LogP) is 3.82. The summed E-state index contributed by atoms with van der Waals surface area (Å²) >= 11 is 3.35. The zero-order valence-corrected chi connectivity index (χ0v) is 13.6. The van der Waals surface area contributed by atoms with Crippen LogP contribution in [0, 0.1) is 17.0 Å². The lowest BCUT2D eigenvalue weighted by atomic mass is 9.85. The molecule has 0 fully saturated rings. The van der Waals surface area contributed by atoms with E-state index in [0.29, 0.717) is 0 Å². The average Bonchev–Trinajstić information content (AvgIpc) is 2.32. The highest BCUT2D eigenvalue weighted by atomic mass is 79.9. The number of amides is 1. The molecule has 1 aromatic carbocycles. The summed E-state index contributed by atoms with van der Waals surface area (Å²) in [4.78, 5) is 12.0. The number of nitrogens with one attached hydrogen (secondary N) is 1. The molecule has 0 radical (unpaired) electrons. The van der Waals surface area contributed by atoms with E-state index in [2.05, 4.69) is 21.2 Å². The third-order valence-electron chi connectivity index (χ3n) is 3.18. The minimum absolute atomic E-state index is 0.0517. The monoisotopic (exact) mass is 347 g/mol. The summed E-state index contributed by atoms with van der Waals surface area (Å²) < 4.78 is 27.0. The quantitative estimate of drug-likeness (QED) is 0.806. The van der Waals surface area contributed by atoms with Crippen molar-refractivity contribution in [2.45, 2.75) is 39.7 Å². The Hall–Kier alpha value is -0.970. The van der Waals surface area contributed by atoms with Gasteiger partial charge in [-0.05, 0) is 24.0 Å². The fourth-order valence-electron chi connectivity index (χ4n) is 1.94. The molecule has 0 spiro atoms. The van der Waals surface area contributed by atoms with Crippen LogP contribution in [0.15, 0.2) is 18.2 Å². The molecule has 0 aliphatic rings. The molecule has 0 saturated carbocycles. The molecule has 1 N–H and O–H groups in total. The molecule has 2 nitrogen and oxygen atoms in total. The average molecular weight is 348 g/mol. The summed E-state index contributed by atoms with van der Waals surface area (Å²) in [5.41, 5.74) is -0.298. The van der Waals surface area contributed by atoms with Crippen molar-refractivity contribution >= 4 is 21.8 Å². The highest BCUT2D eigenvalue weighted by Gasteiger charge is 2.26. The van der Waals surface area contributed by atoms with Crippen molar-refractivity contribution in [3.8, 4) is 0 Å². The second-order valence-corrected chi connectivity index (χ2v) is 6.63. The first-order chi connectivity index (χ1) is 9.25. The number of rotatable bonds is 5. The summed E-state index contributed by atoms with van der Waals surface area (Å²) in [7, 11) is 0. The zero-order valence-electron chi connectivity index (χ0n) is 12.0. The Bertz CT molecular complexity index is 451. The summed E-state index contributed by atoms with van der Waals surface area (Å²) in [6.07, 6.45) is 0.475. The van der Waals surface area contributed by atoms with E-state index in [1.54, 1.807) is 0 Å². The van der Waals surface area contributed by atoms with Gasteiger partial charge in [0.15, 0.2) is 0 Å². The van der Waals surface area contributed by atoms with Crippen molar-refractivity contribution < 1.29 is 13.6 Å². The molecule has 0 aliphatic carbocycles. The molecule has 1 atom stereocenters. The van der Waals surface area contributed by atoms with Gasteiger partial charge in [0.2, 0.25) is 5.91 Å². The first-order valence-corrected chi connectivity index (χ1v) is 7.66. The molecule has 1 rings (SSSR count). The Balaban J connectivity index is 2.76. The van der Waals surface area contributed by atoms with E-state index in [1.807, 2.05) is 20.8 Å². The van der Waals surface area contributed by atoms with Gasteiger partial charge in [0, 0.05) is 16.9 Å². The minimum atomic E-state index is -0.687. The number of carbonyl (C=O) groups is 1. The summed E-state index contributed by atoms with van der Waals surface area (Å²) in [5, 5.41) is 3.61. The normalized spacial score (nSPS) is 13.1. The number of benzene rings is 1. The maximum Gasteiger partial charge on any atom is 0.224 e. The molecular weight excluding hydrogens is 328 g/mol. The van der Waals surface area contributed by atoms with Crippen molar-refractivity contribution in [2.75, 3.05) is 5.33 Å². The highest BCUT2D eigenvalue weighted by Crippen LogP contribution is 2.23. The van der Waals surface area contributed by atoms with Gasteiger partial charge in [-0.1, -0.05) is 42.8 Å². The van der Waals surface area contributed by atoms with Crippen LogP contribution >= 0.6 is 15.9 Å². The number of hydrogen-bond donors (Lipinski definition) is 1. The van der Waals surface area contributed by atoms with E-state index in [0.717, 1.165) is 23.9 Å². The maximum atomic E-state index is 13.5. The summed E-state index contributed by atoms with van der Waals surface area (Å²) in [5.74, 6) is -1.74. The molecule has 0 saturated heterocycles.